The van der Waals surface area contributed by atoms with Gasteiger partial charge in [0.2, 0.25) is 0 Å². The summed E-state index contributed by atoms with van der Waals surface area (Å²) in [5, 5.41) is 8.68. The molecule has 0 spiro atoms. The van der Waals surface area contributed by atoms with Gasteiger partial charge in [0.05, 0.1) is 0 Å². The third-order valence-corrected chi connectivity index (χ3v) is 3.47. The molecule has 0 radical (unpaired) electrons. The Bertz CT molecular complexity index is 571. The molecule has 0 unspecified atom stereocenters. The lowest BCUT2D eigenvalue weighted by atomic mass is 10.0. The second kappa shape index (κ2) is 7.59. The molecule has 6 heteroatoms. The fraction of sp³-hybridized carbons (Fsp3) is 0.438. The number of carbonyl (C=O) groups excluding carboxylic acids is 1. The summed E-state index contributed by atoms with van der Waals surface area (Å²) in [4.78, 5) is 28.7. The zero-order valence-electron chi connectivity index (χ0n) is 12.5. The maximum Gasteiger partial charge on any atom is 0.415 e. The zero-order valence-corrected chi connectivity index (χ0v) is 12.5. The van der Waals surface area contributed by atoms with Crippen LogP contribution in [0.4, 0.5) is 10.6 Å². The zero-order chi connectivity index (χ0) is 15.9. The van der Waals surface area contributed by atoms with Crippen LogP contribution in [0.5, 0.6) is 0 Å². The van der Waals surface area contributed by atoms with E-state index in [0.29, 0.717) is 25.2 Å². The second-order valence-corrected chi connectivity index (χ2v) is 5.15. The van der Waals surface area contributed by atoms with E-state index >= 15 is 0 Å². The van der Waals surface area contributed by atoms with E-state index < -0.39 is 12.1 Å². The molecule has 0 atom stereocenters. The van der Waals surface area contributed by atoms with Gasteiger partial charge < -0.3 is 9.84 Å². The summed E-state index contributed by atoms with van der Waals surface area (Å²) in [7, 11) is 0. The number of aromatic nitrogens is 1. The van der Waals surface area contributed by atoms with E-state index in [4.69, 9.17) is 9.84 Å². The molecule has 0 saturated heterocycles. The molecule has 2 rings (SSSR count). The number of rotatable bonds is 6. The number of fused-ring (bicyclic) bond motifs is 1. The fourth-order valence-corrected chi connectivity index (χ4v) is 2.42. The summed E-state index contributed by atoms with van der Waals surface area (Å²) < 4.78 is 5.09. The first-order valence-electron chi connectivity index (χ1n) is 7.37. The van der Waals surface area contributed by atoms with Gasteiger partial charge in [0.1, 0.15) is 12.4 Å². The first kappa shape index (κ1) is 16.0. The molecule has 0 fully saturated rings. The summed E-state index contributed by atoms with van der Waals surface area (Å²) >= 11 is 0. The molecular weight excluding hydrogens is 284 g/mol. The minimum atomic E-state index is -0.812. The van der Waals surface area contributed by atoms with Crippen LogP contribution in [-0.2, 0) is 22.4 Å². The van der Waals surface area contributed by atoms with Crippen molar-refractivity contribution in [2.75, 3.05) is 18.1 Å². The normalized spacial score (nSPS) is 13.4. The lowest BCUT2D eigenvalue weighted by Crippen LogP contribution is -2.37. The molecule has 1 aromatic heterocycles. The molecule has 1 aliphatic rings. The minimum Gasteiger partial charge on any atom is -0.481 e. The lowest BCUT2D eigenvalue weighted by Gasteiger charge is -2.27. The van der Waals surface area contributed by atoms with Crippen LogP contribution in [-0.4, -0.2) is 35.3 Å². The van der Waals surface area contributed by atoms with Gasteiger partial charge in [-0.1, -0.05) is 18.7 Å². The molecule has 2 heterocycles. The van der Waals surface area contributed by atoms with Crippen LogP contribution in [0, 0.1) is 0 Å². The van der Waals surface area contributed by atoms with Gasteiger partial charge in [-0.25, -0.2) is 9.78 Å². The molecule has 1 amide bonds. The van der Waals surface area contributed by atoms with Crippen LogP contribution >= 0.6 is 0 Å². The van der Waals surface area contributed by atoms with Crippen molar-refractivity contribution >= 4 is 17.9 Å². The van der Waals surface area contributed by atoms with Crippen LogP contribution in [0.15, 0.2) is 24.8 Å². The number of aryl methyl sites for hydroxylation is 2. The third-order valence-electron chi connectivity index (χ3n) is 3.47. The third kappa shape index (κ3) is 4.07. The molecule has 118 valence electrons. The first-order valence-corrected chi connectivity index (χ1v) is 7.37. The fourth-order valence-electron chi connectivity index (χ4n) is 2.42. The van der Waals surface area contributed by atoms with Gasteiger partial charge in [-0.3, -0.25) is 9.69 Å². The summed E-state index contributed by atoms with van der Waals surface area (Å²) in [5.41, 5.74) is 1.81. The van der Waals surface area contributed by atoms with Crippen molar-refractivity contribution in [1.29, 1.82) is 0 Å². The predicted octanol–water partition coefficient (Wildman–Crippen LogP) is 2.56. The Labute approximate surface area is 129 Å². The Morgan fingerprint density at radius 3 is 3.00 bits per heavy atom. The summed E-state index contributed by atoms with van der Waals surface area (Å²) in [6, 6.07) is 3.87. The van der Waals surface area contributed by atoms with Crippen LogP contribution in [0.3, 0.4) is 0 Å². The standard InChI is InChI=1S/C16H20N2O4/c1-2-11-22-16(21)18-10-4-5-12-8-9-13(17-15(12)18)6-3-7-14(19)20/h2,8-9H,1,3-7,10-11H2,(H,19,20). The largest absolute Gasteiger partial charge is 0.481 e. The van der Waals surface area contributed by atoms with Crippen molar-refractivity contribution in [3.05, 3.63) is 36.0 Å². The molecule has 0 aliphatic carbocycles. The number of ether oxygens (including phenoxy) is 1. The summed E-state index contributed by atoms with van der Waals surface area (Å²) in [5.74, 6) is -0.180. The average Bonchev–Trinajstić information content (AvgIpc) is 2.51. The van der Waals surface area contributed by atoms with Crippen LogP contribution in [0.2, 0.25) is 0 Å². The highest BCUT2D eigenvalue weighted by Gasteiger charge is 2.25. The number of hydrogen-bond acceptors (Lipinski definition) is 4. The van der Waals surface area contributed by atoms with E-state index in [0.717, 1.165) is 24.1 Å². The van der Waals surface area contributed by atoms with Crippen molar-refractivity contribution in [2.45, 2.75) is 32.1 Å². The Kier molecular flexibility index (Phi) is 5.52. The van der Waals surface area contributed by atoms with E-state index in [1.54, 1.807) is 4.90 Å². The van der Waals surface area contributed by atoms with Crippen molar-refractivity contribution in [1.82, 2.24) is 4.98 Å². The Balaban J connectivity index is 2.11. The molecule has 1 aromatic rings. The maximum atomic E-state index is 12.1. The molecule has 22 heavy (non-hydrogen) atoms. The first-order chi connectivity index (χ1) is 10.6. The van der Waals surface area contributed by atoms with Crippen LogP contribution in [0.25, 0.3) is 0 Å². The molecule has 6 nitrogen and oxygen atoms in total. The van der Waals surface area contributed by atoms with E-state index in [1.807, 2.05) is 12.1 Å². The molecule has 1 N–H and O–H groups in total. The van der Waals surface area contributed by atoms with Crippen LogP contribution < -0.4 is 4.90 Å². The molecular formula is C16H20N2O4. The molecule has 0 bridgehead atoms. The Morgan fingerprint density at radius 2 is 2.27 bits per heavy atom. The van der Waals surface area contributed by atoms with Crippen LogP contribution in [0.1, 0.15) is 30.5 Å². The number of amides is 1. The quantitative estimate of drug-likeness (QED) is 0.817. The van der Waals surface area contributed by atoms with Gasteiger partial charge in [0, 0.05) is 18.7 Å². The van der Waals surface area contributed by atoms with E-state index in [9.17, 15) is 9.59 Å². The average molecular weight is 304 g/mol. The van der Waals surface area contributed by atoms with Gasteiger partial charge in [0.15, 0.2) is 0 Å². The molecule has 0 aromatic carbocycles. The van der Waals surface area contributed by atoms with Gasteiger partial charge in [0.25, 0.3) is 0 Å². The number of carboxylic acids is 1. The van der Waals surface area contributed by atoms with Crippen molar-refractivity contribution in [3.63, 3.8) is 0 Å². The highest BCUT2D eigenvalue weighted by atomic mass is 16.6. The Morgan fingerprint density at radius 1 is 1.45 bits per heavy atom. The number of pyridine rings is 1. The van der Waals surface area contributed by atoms with Gasteiger partial charge >= 0.3 is 12.1 Å². The van der Waals surface area contributed by atoms with Crippen molar-refractivity contribution < 1.29 is 19.4 Å². The minimum absolute atomic E-state index is 0.115. The van der Waals surface area contributed by atoms with Crippen molar-refractivity contribution in [2.24, 2.45) is 0 Å². The number of aliphatic carboxylic acids is 1. The number of nitrogens with zero attached hydrogens (tertiary/aromatic N) is 2. The van der Waals surface area contributed by atoms with Gasteiger partial charge in [-0.2, -0.15) is 0 Å². The predicted molar refractivity (Wildman–Crippen MR) is 82.0 cm³/mol. The SMILES string of the molecule is C=CCOC(=O)N1CCCc2ccc(CCCC(=O)O)nc21. The molecule has 1 aliphatic heterocycles. The molecule has 0 saturated carbocycles. The smallest absolute Gasteiger partial charge is 0.415 e. The van der Waals surface area contributed by atoms with Gasteiger partial charge in [-0.05, 0) is 37.3 Å². The van der Waals surface area contributed by atoms with E-state index in [2.05, 4.69) is 11.6 Å². The number of hydrogen-bond donors (Lipinski definition) is 1. The topological polar surface area (TPSA) is 79.7 Å². The summed E-state index contributed by atoms with van der Waals surface area (Å²) in [6.45, 7) is 4.27. The number of anilines is 1. The van der Waals surface area contributed by atoms with Gasteiger partial charge in [-0.15, -0.1) is 0 Å². The number of carboxylic acid groups (broad SMARTS) is 1. The van der Waals surface area contributed by atoms with E-state index in [-0.39, 0.29) is 13.0 Å². The second-order valence-electron chi connectivity index (χ2n) is 5.15. The van der Waals surface area contributed by atoms with Crippen molar-refractivity contribution in [3.8, 4) is 0 Å². The Hall–Kier alpha value is -2.37. The number of carbonyl (C=O) groups is 2. The lowest BCUT2D eigenvalue weighted by molar-refractivity contribution is -0.137. The highest BCUT2D eigenvalue weighted by Crippen LogP contribution is 2.26. The summed E-state index contributed by atoms with van der Waals surface area (Å²) in [6.07, 6.45) is 4.08. The maximum absolute atomic E-state index is 12.1. The monoisotopic (exact) mass is 304 g/mol. The van der Waals surface area contributed by atoms with E-state index in [1.165, 1.54) is 6.08 Å². The highest BCUT2D eigenvalue weighted by molar-refractivity contribution is 5.87.